The van der Waals surface area contributed by atoms with E-state index in [2.05, 4.69) is 31.6 Å². The van der Waals surface area contributed by atoms with Crippen LogP contribution in [0.3, 0.4) is 0 Å². The van der Waals surface area contributed by atoms with Crippen LogP contribution < -0.4 is 43.8 Å². The van der Waals surface area contributed by atoms with Crippen molar-refractivity contribution in [1.29, 1.82) is 0 Å². The second kappa shape index (κ2) is 22.8. The number of carbonyl (C=O) groups excluding carboxylic acids is 9. The van der Waals surface area contributed by atoms with Crippen molar-refractivity contribution in [1.82, 2.24) is 36.6 Å². The summed E-state index contributed by atoms with van der Waals surface area (Å²) in [5, 5.41) is 25.0. The van der Waals surface area contributed by atoms with Crippen LogP contribution in [0, 0.1) is 17.8 Å². The molecule has 1 aromatic carbocycles. The van der Waals surface area contributed by atoms with Gasteiger partial charge in [0, 0.05) is 36.9 Å². The molecule has 0 saturated heterocycles. The van der Waals surface area contributed by atoms with Crippen molar-refractivity contribution in [2.75, 3.05) is 0 Å². The van der Waals surface area contributed by atoms with E-state index in [-0.39, 0.29) is 17.4 Å². The molecule has 0 radical (unpaired) electrons. The summed E-state index contributed by atoms with van der Waals surface area (Å²) in [6, 6.07) is -1.47. The first-order valence-electron chi connectivity index (χ1n) is 19.5. The summed E-state index contributed by atoms with van der Waals surface area (Å²) in [5.74, 6) is -9.49. The quantitative estimate of drug-likeness (QED) is 0.0460. The average Bonchev–Trinajstić information content (AvgIpc) is 3.58. The van der Waals surface area contributed by atoms with Gasteiger partial charge in [0.15, 0.2) is 0 Å². The van der Waals surface area contributed by atoms with Crippen molar-refractivity contribution >= 4 is 64.1 Å². The number of hydrogen-bond donors (Lipinski definition) is 10. The van der Waals surface area contributed by atoms with Gasteiger partial charge in [0.25, 0.3) is 5.91 Å². The Hall–Kier alpha value is -6.05. The Balaban J connectivity index is 2.58. The number of fused-ring (bicyclic) bond motifs is 1. The van der Waals surface area contributed by atoms with Crippen LogP contribution in [-0.4, -0.2) is 105 Å². The highest BCUT2D eigenvalue weighted by Crippen LogP contribution is 2.21. The fourth-order valence-electron chi connectivity index (χ4n) is 6.27. The van der Waals surface area contributed by atoms with Gasteiger partial charge in [-0.2, -0.15) is 0 Å². The molecule has 1 heterocycles. The Morgan fingerprint density at radius 3 is 1.76 bits per heavy atom. The predicted octanol–water partition coefficient (Wildman–Crippen LogP) is -0.885. The lowest BCUT2D eigenvalue weighted by molar-refractivity contribution is -0.183. The average molecular weight is 829 g/mol. The van der Waals surface area contributed by atoms with Gasteiger partial charge in [-0.1, -0.05) is 72.6 Å². The Kier molecular flexibility index (Phi) is 19.0. The minimum Gasteiger partial charge on any atom is -0.370 e. The normalized spacial score (nSPS) is 15.3. The maximum Gasteiger partial charge on any atom is 0.269 e. The largest absolute Gasteiger partial charge is 0.370 e. The number of nitrogens with one attached hydrogen (secondary N) is 6. The van der Waals surface area contributed by atoms with E-state index in [1.54, 1.807) is 65.1 Å². The topological polar surface area (TPSA) is 331 Å². The molecule has 0 aliphatic carbocycles. The first kappa shape index (κ1) is 49.1. The molecular weight excluding hydrogens is 768 g/mol. The zero-order valence-corrected chi connectivity index (χ0v) is 34.6. The summed E-state index contributed by atoms with van der Waals surface area (Å²) in [4.78, 5) is 120. The van der Waals surface area contributed by atoms with Gasteiger partial charge in [-0.25, -0.2) is 5.06 Å². The molecule has 0 aliphatic heterocycles. The Morgan fingerprint density at radius 1 is 0.712 bits per heavy atom. The van der Waals surface area contributed by atoms with E-state index in [0.29, 0.717) is 29.3 Å². The maximum absolute atomic E-state index is 14.4. The van der Waals surface area contributed by atoms with Crippen LogP contribution >= 0.6 is 0 Å². The summed E-state index contributed by atoms with van der Waals surface area (Å²) in [5.41, 5.74) is 17.1. The molecule has 13 N–H and O–H groups in total. The number of benzene rings is 1. The number of hydroxylamine groups is 2. The second-order valence-electron chi connectivity index (χ2n) is 15.1. The molecule has 2 rings (SSSR count). The van der Waals surface area contributed by atoms with Gasteiger partial charge in [-0.05, 0) is 35.8 Å². The van der Waals surface area contributed by atoms with Gasteiger partial charge in [-0.3, -0.25) is 48.4 Å². The van der Waals surface area contributed by atoms with Gasteiger partial charge in [0.2, 0.25) is 47.3 Å². The number of primary amides is 3. The molecule has 0 unspecified atom stereocenters. The van der Waals surface area contributed by atoms with Crippen LogP contribution in [0.4, 0.5) is 0 Å². The number of nitrogens with zero attached hydrogens (tertiary/aromatic N) is 1. The van der Waals surface area contributed by atoms with Crippen LogP contribution in [0.5, 0.6) is 0 Å². The van der Waals surface area contributed by atoms with E-state index in [9.17, 15) is 48.4 Å². The van der Waals surface area contributed by atoms with Crippen molar-refractivity contribution in [3.63, 3.8) is 0 Å². The molecule has 0 bridgehead atoms. The number of para-hydroxylation sites is 1. The van der Waals surface area contributed by atoms with E-state index in [4.69, 9.17) is 17.2 Å². The molecule has 20 nitrogen and oxygen atoms in total. The Morgan fingerprint density at radius 2 is 1.24 bits per heavy atom. The number of H-pyrrole nitrogens is 1. The fourth-order valence-corrected chi connectivity index (χ4v) is 6.27. The molecule has 8 atom stereocenters. The minimum absolute atomic E-state index is 0.0548. The highest BCUT2D eigenvalue weighted by Gasteiger charge is 2.39. The lowest BCUT2D eigenvalue weighted by Crippen LogP contribution is -2.62. The van der Waals surface area contributed by atoms with Crippen LogP contribution in [0.2, 0.25) is 0 Å². The highest BCUT2D eigenvalue weighted by atomic mass is 16.5. The number of carbonyl (C=O) groups is 9. The van der Waals surface area contributed by atoms with Crippen LogP contribution in [0.1, 0.15) is 86.1 Å². The molecule has 0 aliphatic rings. The lowest BCUT2D eigenvalue weighted by atomic mass is 9.94. The van der Waals surface area contributed by atoms with Gasteiger partial charge in [0.05, 0.1) is 6.42 Å². The van der Waals surface area contributed by atoms with Gasteiger partial charge in [-0.15, -0.1) is 0 Å². The summed E-state index contributed by atoms with van der Waals surface area (Å²) in [6.07, 6.45) is 0.655. The van der Waals surface area contributed by atoms with Gasteiger partial charge < -0.3 is 48.8 Å². The van der Waals surface area contributed by atoms with E-state index in [1.165, 1.54) is 6.92 Å². The van der Waals surface area contributed by atoms with Crippen molar-refractivity contribution in [2.24, 2.45) is 35.0 Å². The molecule has 2 aromatic rings. The molecule has 9 amide bonds. The highest BCUT2D eigenvalue weighted by molar-refractivity contribution is 5.98. The molecule has 1 aromatic heterocycles. The monoisotopic (exact) mass is 828 g/mol. The van der Waals surface area contributed by atoms with E-state index in [0.717, 1.165) is 0 Å². The molecule has 0 saturated carbocycles. The van der Waals surface area contributed by atoms with E-state index in [1.807, 2.05) is 6.92 Å². The first-order chi connectivity index (χ1) is 27.6. The number of rotatable bonds is 24. The zero-order chi connectivity index (χ0) is 44.7. The SMILES string of the molecule is CC[C@H](C)[C@H](NC(C)=O)C(=O)N[C@H](C(=O)N[C@@H](Cc1c[nH]c2ccccc12)C(=O)N(O)[C@@H](CCC(N)=O)C(=O)N[C@H](C(=O)N[C@@H](CC(N)=O)C(N)=O)C(C)C)[C@@H](C)CC. The summed E-state index contributed by atoms with van der Waals surface area (Å²) < 4.78 is 0. The number of hydrogen-bond acceptors (Lipinski definition) is 10. The Labute approximate surface area is 342 Å². The number of aromatic nitrogens is 1. The fraction of sp³-hybridized carbons (Fsp3) is 0.564. The van der Waals surface area contributed by atoms with Crippen LogP contribution in [-0.2, 0) is 49.6 Å². The zero-order valence-electron chi connectivity index (χ0n) is 34.6. The Bertz CT molecular complexity index is 1850. The second-order valence-corrected chi connectivity index (χ2v) is 15.1. The summed E-state index contributed by atoms with van der Waals surface area (Å²) >= 11 is 0. The van der Waals surface area contributed by atoms with Gasteiger partial charge >= 0.3 is 0 Å². The van der Waals surface area contributed by atoms with Crippen molar-refractivity contribution in [2.45, 2.75) is 123 Å². The first-order valence-corrected chi connectivity index (χ1v) is 19.5. The van der Waals surface area contributed by atoms with Gasteiger partial charge in [0.1, 0.15) is 36.3 Å². The third-order valence-corrected chi connectivity index (χ3v) is 10.2. The molecule has 326 valence electrons. The van der Waals surface area contributed by atoms with E-state index < -0.39 is 121 Å². The third-order valence-electron chi connectivity index (χ3n) is 10.2. The van der Waals surface area contributed by atoms with Crippen molar-refractivity contribution in [3.8, 4) is 0 Å². The lowest BCUT2D eigenvalue weighted by Gasteiger charge is -2.32. The maximum atomic E-state index is 14.4. The van der Waals surface area contributed by atoms with Crippen LogP contribution in [0.15, 0.2) is 30.5 Å². The van der Waals surface area contributed by atoms with Crippen LogP contribution in [0.25, 0.3) is 10.9 Å². The number of nitrogens with two attached hydrogens (primary N) is 3. The minimum atomic E-state index is -1.86. The van der Waals surface area contributed by atoms with Crippen molar-refractivity contribution < 1.29 is 48.4 Å². The molecule has 59 heavy (non-hydrogen) atoms. The standard InChI is InChI=1S/C39H60N10O10/c1-8-20(5)32(44-22(7)50)38(57)48-33(21(6)9-2)37(56)46-27(16-23-18-43-25-13-11-10-12-24(23)25)39(58)49(59)28(14-15-29(40)51)35(54)47-31(19(3)4)36(55)45-26(34(42)53)17-30(41)52/h10-13,18-21,26-28,31-33,43,59H,8-9,14-17H2,1-7H3,(H2,40,51)(H2,41,52)(H2,42,53)(H,44,50)(H,45,55)(H,46,56)(H,47,54)(H,48,57)/t20-,21-,26-,27-,28-,31-,32-,33-/m0/s1. The van der Waals surface area contributed by atoms with Crippen molar-refractivity contribution in [3.05, 3.63) is 36.0 Å². The van der Waals surface area contributed by atoms with E-state index >= 15 is 0 Å². The molecule has 0 fully saturated rings. The molecular formula is C39H60N10O10. The summed E-state index contributed by atoms with van der Waals surface area (Å²) in [7, 11) is 0. The predicted molar refractivity (Wildman–Crippen MR) is 215 cm³/mol. The third kappa shape index (κ3) is 14.4. The number of aromatic amines is 1. The molecule has 20 heteroatoms. The summed E-state index contributed by atoms with van der Waals surface area (Å²) in [6.45, 7) is 11.5. The number of amides is 9. The smallest absolute Gasteiger partial charge is 0.269 e. The molecule has 0 spiro atoms.